The molecule has 1 aliphatic heterocycles. The van der Waals surface area contributed by atoms with Crippen LogP contribution < -0.4 is 10.6 Å². The number of hydrogen-bond acceptors (Lipinski definition) is 3. The summed E-state index contributed by atoms with van der Waals surface area (Å²) in [5.74, 6) is 0.424. The maximum atomic E-state index is 13.1. The number of ether oxygens (including phenoxy) is 1. The Hall–Kier alpha value is -1.11. The third-order valence-electron chi connectivity index (χ3n) is 4.91. The van der Waals surface area contributed by atoms with E-state index in [0.29, 0.717) is 24.1 Å². The SMILES string of the molecule is FC(F)(F)c1ccccc1CNC1CCCC1C1COCCN1. The second-order valence-electron chi connectivity index (χ2n) is 6.37. The lowest BCUT2D eigenvalue weighted by molar-refractivity contribution is -0.138. The molecule has 23 heavy (non-hydrogen) atoms. The quantitative estimate of drug-likeness (QED) is 0.891. The zero-order chi connectivity index (χ0) is 16.3. The van der Waals surface area contributed by atoms with Crippen LogP contribution in [0.1, 0.15) is 30.4 Å². The lowest BCUT2D eigenvalue weighted by Crippen LogP contribution is -2.50. The van der Waals surface area contributed by atoms with Gasteiger partial charge in [0.25, 0.3) is 0 Å². The van der Waals surface area contributed by atoms with E-state index in [9.17, 15) is 13.2 Å². The largest absolute Gasteiger partial charge is 0.416 e. The Balaban J connectivity index is 1.63. The molecule has 0 aromatic heterocycles. The average molecular weight is 328 g/mol. The Bertz CT molecular complexity index is 515. The molecule has 0 spiro atoms. The van der Waals surface area contributed by atoms with Gasteiger partial charge in [0.2, 0.25) is 0 Å². The minimum Gasteiger partial charge on any atom is -0.379 e. The van der Waals surface area contributed by atoms with Crippen LogP contribution in [0, 0.1) is 5.92 Å². The van der Waals surface area contributed by atoms with E-state index in [0.717, 1.165) is 38.5 Å². The smallest absolute Gasteiger partial charge is 0.379 e. The van der Waals surface area contributed by atoms with E-state index < -0.39 is 11.7 Å². The van der Waals surface area contributed by atoms with Crippen molar-refractivity contribution in [3.8, 4) is 0 Å². The van der Waals surface area contributed by atoms with Crippen molar-refractivity contribution < 1.29 is 17.9 Å². The monoisotopic (exact) mass is 328 g/mol. The highest BCUT2D eigenvalue weighted by Crippen LogP contribution is 2.33. The van der Waals surface area contributed by atoms with Crippen molar-refractivity contribution in [2.24, 2.45) is 5.92 Å². The number of rotatable bonds is 4. The number of benzene rings is 1. The van der Waals surface area contributed by atoms with Crippen LogP contribution in [0.25, 0.3) is 0 Å². The molecule has 1 heterocycles. The third-order valence-corrected chi connectivity index (χ3v) is 4.91. The molecule has 0 radical (unpaired) electrons. The van der Waals surface area contributed by atoms with Crippen molar-refractivity contribution in [1.82, 2.24) is 10.6 Å². The van der Waals surface area contributed by atoms with Crippen LogP contribution in [0.4, 0.5) is 13.2 Å². The number of nitrogens with one attached hydrogen (secondary N) is 2. The minimum absolute atomic E-state index is 0.246. The molecular weight excluding hydrogens is 305 g/mol. The second kappa shape index (κ2) is 7.20. The van der Waals surface area contributed by atoms with Crippen LogP contribution >= 0.6 is 0 Å². The third kappa shape index (κ3) is 4.05. The van der Waals surface area contributed by atoms with Gasteiger partial charge in [-0.15, -0.1) is 0 Å². The Kier molecular flexibility index (Phi) is 5.24. The van der Waals surface area contributed by atoms with Crippen molar-refractivity contribution in [3.63, 3.8) is 0 Å². The van der Waals surface area contributed by atoms with Gasteiger partial charge in [-0.05, 0) is 30.4 Å². The molecule has 1 aromatic carbocycles. The summed E-state index contributed by atoms with van der Waals surface area (Å²) < 4.78 is 44.7. The number of halogens is 3. The molecule has 128 valence electrons. The van der Waals surface area contributed by atoms with Crippen molar-refractivity contribution in [1.29, 1.82) is 0 Å². The first kappa shape index (κ1) is 16.7. The van der Waals surface area contributed by atoms with Crippen LogP contribution in [0.5, 0.6) is 0 Å². The zero-order valence-electron chi connectivity index (χ0n) is 13.0. The van der Waals surface area contributed by atoms with E-state index in [-0.39, 0.29) is 12.6 Å². The summed E-state index contributed by atoms with van der Waals surface area (Å²) in [7, 11) is 0. The summed E-state index contributed by atoms with van der Waals surface area (Å²) in [4.78, 5) is 0. The fraction of sp³-hybridized carbons (Fsp3) is 0.647. The molecule has 2 aliphatic rings. The van der Waals surface area contributed by atoms with Crippen molar-refractivity contribution in [2.45, 2.75) is 44.1 Å². The van der Waals surface area contributed by atoms with Crippen molar-refractivity contribution in [2.75, 3.05) is 19.8 Å². The molecular formula is C17H23F3N2O. The molecule has 2 N–H and O–H groups in total. The second-order valence-corrected chi connectivity index (χ2v) is 6.37. The predicted octanol–water partition coefficient (Wildman–Crippen LogP) is 2.95. The summed E-state index contributed by atoms with van der Waals surface area (Å²) in [5.41, 5.74) is -0.223. The van der Waals surface area contributed by atoms with Crippen molar-refractivity contribution in [3.05, 3.63) is 35.4 Å². The summed E-state index contributed by atoms with van der Waals surface area (Å²) in [6.45, 7) is 2.54. The first-order valence-corrected chi connectivity index (χ1v) is 8.25. The highest BCUT2D eigenvalue weighted by molar-refractivity contribution is 5.29. The summed E-state index contributed by atoms with van der Waals surface area (Å²) in [5, 5.41) is 6.84. The number of morpholine rings is 1. The van der Waals surface area contributed by atoms with Gasteiger partial charge in [0, 0.05) is 25.2 Å². The standard InChI is InChI=1S/C17H23F3N2O/c18-17(19,20)14-6-2-1-4-12(14)10-22-15-7-3-5-13(15)16-11-23-9-8-21-16/h1-2,4,6,13,15-16,21-22H,3,5,7-11H2. The molecule has 3 nitrogen and oxygen atoms in total. The molecule has 1 aromatic rings. The van der Waals surface area contributed by atoms with Gasteiger partial charge in [0.15, 0.2) is 0 Å². The first-order chi connectivity index (χ1) is 11.1. The molecule has 2 fully saturated rings. The zero-order valence-corrected chi connectivity index (χ0v) is 13.0. The van der Waals surface area contributed by atoms with E-state index in [1.54, 1.807) is 12.1 Å². The van der Waals surface area contributed by atoms with Gasteiger partial charge in [0.05, 0.1) is 18.8 Å². The van der Waals surface area contributed by atoms with Gasteiger partial charge in [-0.3, -0.25) is 0 Å². The number of alkyl halides is 3. The van der Waals surface area contributed by atoms with E-state index in [1.807, 2.05) is 0 Å². The lowest BCUT2D eigenvalue weighted by Gasteiger charge is -2.33. The summed E-state index contributed by atoms with van der Waals surface area (Å²) >= 11 is 0. The molecule has 0 bridgehead atoms. The maximum Gasteiger partial charge on any atom is 0.416 e. The Morgan fingerprint density at radius 1 is 1.22 bits per heavy atom. The summed E-state index contributed by atoms with van der Waals surface area (Å²) in [6.07, 6.45) is -1.08. The molecule has 3 unspecified atom stereocenters. The fourth-order valence-electron chi connectivity index (χ4n) is 3.78. The lowest BCUT2D eigenvalue weighted by atomic mass is 9.93. The average Bonchev–Trinajstić information content (AvgIpc) is 3.02. The van der Waals surface area contributed by atoms with Crippen LogP contribution in [-0.4, -0.2) is 31.8 Å². The maximum absolute atomic E-state index is 13.1. The topological polar surface area (TPSA) is 33.3 Å². The molecule has 1 saturated heterocycles. The summed E-state index contributed by atoms with van der Waals surface area (Å²) in [6, 6.07) is 6.36. The Morgan fingerprint density at radius 2 is 2.04 bits per heavy atom. The molecule has 1 aliphatic carbocycles. The molecule has 6 heteroatoms. The molecule has 3 rings (SSSR count). The van der Waals surface area contributed by atoms with Crippen LogP contribution in [0.15, 0.2) is 24.3 Å². The van der Waals surface area contributed by atoms with Gasteiger partial charge in [-0.25, -0.2) is 0 Å². The number of hydrogen-bond donors (Lipinski definition) is 2. The van der Waals surface area contributed by atoms with Crippen LogP contribution in [0.3, 0.4) is 0 Å². The van der Waals surface area contributed by atoms with Gasteiger partial charge in [0.1, 0.15) is 0 Å². The molecule has 3 atom stereocenters. The fourth-order valence-corrected chi connectivity index (χ4v) is 3.78. The van der Waals surface area contributed by atoms with E-state index >= 15 is 0 Å². The van der Waals surface area contributed by atoms with Crippen LogP contribution in [-0.2, 0) is 17.5 Å². The molecule has 0 amide bonds. The van der Waals surface area contributed by atoms with E-state index in [4.69, 9.17) is 4.74 Å². The highest BCUT2D eigenvalue weighted by Gasteiger charge is 2.36. The Morgan fingerprint density at radius 3 is 2.78 bits per heavy atom. The predicted molar refractivity (Wildman–Crippen MR) is 82.0 cm³/mol. The highest BCUT2D eigenvalue weighted by atomic mass is 19.4. The first-order valence-electron chi connectivity index (χ1n) is 8.25. The Labute approximate surface area is 134 Å². The van der Waals surface area contributed by atoms with Crippen LogP contribution in [0.2, 0.25) is 0 Å². The van der Waals surface area contributed by atoms with Gasteiger partial charge < -0.3 is 15.4 Å². The minimum atomic E-state index is -4.30. The van der Waals surface area contributed by atoms with Gasteiger partial charge in [-0.2, -0.15) is 13.2 Å². The van der Waals surface area contributed by atoms with Gasteiger partial charge in [-0.1, -0.05) is 24.6 Å². The van der Waals surface area contributed by atoms with E-state index in [2.05, 4.69) is 10.6 Å². The van der Waals surface area contributed by atoms with Crippen molar-refractivity contribution >= 4 is 0 Å². The van der Waals surface area contributed by atoms with E-state index in [1.165, 1.54) is 6.07 Å². The van der Waals surface area contributed by atoms with Gasteiger partial charge >= 0.3 is 6.18 Å². The normalized spacial score (nSPS) is 28.9. The molecule has 1 saturated carbocycles.